The Bertz CT molecular complexity index is 1980. The molecule has 0 aliphatic heterocycles. The van der Waals surface area contributed by atoms with Gasteiger partial charge in [0.25, 0.3) is 5.56 Å². The van der Waals surface area contributed by atoms with Gasteiger partial charge in [0.05, 0.1) is 30.3 Å². The van der Waals surface area contributed by atoms with E-state index in [-0.39, 0.29) is 24.2 Å². The van der Waals surface area contributed by atoms with Crippen LogP contribution in [0, 0.1) is 20.8 Å². The molecule has 0 spiro atoms. The predicted molar refractivity (Wildman–Crippen MR) is 182 cm³/mol. The highest BCUT2D eigenvalue weighted by molar-refractivity contribution is 5.84. The zero-order valence-corrected chi connectivity index (χ0v) is 27.6. The second-order valence-electron chi connectivity index (χ2n) is 11.9. The van der Waals surface area contributed by atoms with Crippen LogP contribution in [0.1, 0.15) is 61.7 Å². The molecule has 0 N–H and O–H groups in total. The highest BCUT2D eigenvalue weighted by Crippen LogP contribution is 2.34. The summed E-state index contributed by atoms with van der Waals surface area (Å²) >= 11 is 0. The van der Waals surface area contributed by atoms with Crippen LogP contribution in [0.3, 0.4) is 0 Å². The predicted octanol–water partition coefficient (Wildman–Crippen LogP) is 7.12. The van der Waals surface area contributed by atoms with E-state index in [0.29, 0.717) is 22.5 Å². The smallest absolute Gasteiger partial charge is 0.344 e. The summed E-state index contributed by atoms with van der Waals surface area (Å²) in [5.41, 5.74) is 6.84. The molecule has 0 aliphatic rings. The minimum atomic E-state index is -0.411. The Balaban J connectivity index is 1.53. The third-order valence-corrected chi connectivity index (χ3v) is 7.79. The summed E-state index contributed by atoms with van der Waals surface area (Å²) in [6.45, 7) is 13.7. The summed E-state index contributed by atoms with van der Waals surface area (Å²) < 4.78 is 19.9. The van der Waals surface area contributed by atoms with Crippen molar-refractivity contribution in [2.75, 3.05) is 13.7 Å². The maximum absolute atomic E-state index is 13.9. The number of carbonyl (C=O) groups excluding carboxylic acids is 1. The molecule has 0 bridgehead atoms. The molecule has 3 aromatic carbocycles. The highest BCUT2D eigenvalue weighted by atomic mass is 16.6. The van der Waals surface area contributed by atoms with Gasteiger partial charge in [-0.15, -0.1) is 0 Å². The van der Waals surface area contributed by atoms with Crippen LogP contribution < -0.4 is 15.0 Å². The van der Waals surface area contributed by atoms with Crippen molar-refractivity contribution < 1.29 is 19.0 Å². The molecule has 238 valence electrons. The molecule has 0 fully saturated rings. The molecular formula is C37H40N4O5. The average Bonchev–Trinajstić information content (AvgIpc) is 3.31. The van der Waals surface area contributed by atoms with Crippen molar-refractivity contribution in [1.82, 2.24) is 14.2 Å². The third kappa shape index (κ3) is 6.59. The maximum Gasteiger partial charge on any atom is 0.344 e. The molecule has 0 amide bonds. The Morgan fingerprint density at radius 1 is 0.978 bits per heavy atom. The lowest BCUT2D eigenvalue weighted by Gasteiger charge is -2.17. The SMILES string of the molecule is COc1cc(C)c(-c2nc3ccccc3c(=O)n2N=Cc2cc(C)n(-c3ccc(OCC(=O)OC(C)C)cc3)c2C)cc1C(C)C. The zero-order valence-electron chi connectivity index (χ0n) is 27.6. The molecular weight excluding hydrogens is 580 g/mol. The van der Waals surface area contributed by atoms with E-state index in [0.717, 1.165) is 45.1 Å². The number of benzene rings is 3. The summed E-state index contributed by atoms with van der Waals surface area (Å²) in [5, 5.41) is 5.24. The Morgan fingerprint density at radius 3 is 2.37 bits per heavy atom. The fraction of sp³-hybridized carbons (Fsp3) is 0.297. The summed E-state index contributed by atoms with van der Waals surface area (Å²) in [5.74, 6) is 1.62. The first-order chi connectivity index (χ1) is 22.0. The number of hydrogen-bond donors (Lipinski definition) is 0. The quantitative estimate of drug-likeness (QED) is 0.122. The summed E-state index contributed by atoms with van der Waals surface area (Å²) in [6, 6.07) is 20.9. The van der Waals surface area contributed by atoms with Crippen molar-refractivity contribution in [1.29, 1.82) is 0 Å². The van der Waals surface area contributed by atoms with Crippen molar-refractivity contribution in [2.24, 2.45) is 5.10 Å². The topological polar surface area (TPSA) is 96.9 Å². The molecule has 0 aliphatic carbocycles. The molecule has 5 rings (SSSR count). The lowest BCUT2D eigenvalue weighted by atomic mass is 9.96. The third-order valence-electron chi connectivity index (χ3n) is 7.79. The van der Waals surface area contributed by atoms with Gasteiger partial charge in [-0.1, -0.05) is 26.0 Å². The van der Waals surface area contributed by atoms with Gasteiger partial charge in [-0.25, -0.2) is 9.78 Å². The Morgan fingerprint density at radius 2 is 1.70 bits per heavy atom. The molecule has 0 unspecified atom stereocenters. The van der Waals surface area contributed by atoms with Crippen LogP contribution in [0.4, 0.5) is 0 Å². The number of para-hydroxylation sites is 1. The summed E-state index contributed by atoms with van der Waals surface area (Å²) in [7, 11) is 1.67. The molecule has 2 aromatic heterocycles. The molecule has 0 radical (unpaired) electrons. The summed E-state index contributed by atoms with van der Waals surface area (Å²) in [6.07, 6.45) is 1.52. The van der Waals surface area contributed by atoms with Crippen LogP contribution in [-0.2, 0) is 9.53 Å². The first-order valence-electron chi connectivity index (χ1n) is 15.3. The number of carbonyl (C=O) groups is 1. The number of aryl methyl sites for hydroxylation is 2. The van der Waals surface area contributed by atoms with Crippen LogP contribution in [0.25, 0.3) is 28.0 Å². The van der Waals surface area contributed by atoms with Crippen LogP contribution in [0.15, 0.2) is 76.6 Å². The summed E-state index contributed by atoms with van der Waals surface area (Å²) in [4.78, 5) is 30.7. The van der Waals surface area contributed by atoms with Gasteiger partial charge in [0.2, 0.25) is 0 Å². The van der Waals surface area contributed by atoms with Gasteiger partial charge in [0.1, 0.15) is 11.5 Å². The van der Waals surface area contributed by atoms with Gasteiger partial charge in [-0.05, 0) is 106 Å². The first kappa shape index (κ1) is 32.2. The van der Waals surface area contributed by atoms with E-state index in [1.165, 1.54) is 4.68 Å². The van der Waals surface area contributed by atoms with E-state index in [2.05, 4.69) is 18.4 Å². The number of fused-ring (bicyclic) bond motifs is 1. The Hall–Kier alpha value is -5.18. The van der Waals surface area contributed by atoms with Crippen LogP contribution in [0.5, 0.6) is 11.5 Å². The number of ether oxygens (including phenoxy) is 3. The fourth-order valence-corrected chi connectivity index (χ4v) is 5.54. The van der Waals surface area contributed by atoms with Gasteiger partial charge in [0.15, 0.2) is 12.4 Å². The first-order valence-corrected chi connectivity index (χ1v) is 15.3. The number of rotatable bonds is 10. The maximum atomic E-state index is 13.9. The van der Waals surface area contributed by atoms with E-state index in [1.807, 2.05) is 81.4 Å². The zero-order chi connectivity index (χ0) is 33.1. The highest BCUT2D eigenvalue weighted by Gasteiger charge is 2.19. The Labute approximate surface area is 269 Å². The molecule has 0 saturated carbocycles. The molecule has 0 saturated heterocycles. The number of methoxy groups -OCH3 is 1. The largest absolute Gasteiger partial charge is 0.496 e. The minimum Gasteiger partial charge on any atom is -0.496 e. The second-order valence-corrected chi connectivity index (χ2v) is 11.9. The normalized spacial score (nSPS) is 11.6. The second kappa shape index (κ2) is 13.4. The molecule has 46 heavy (non-hydrogen) atoms. The number of nitrogens with zero attached hydrogens (tertiary/aromatic N) is 4. The van der Waals surface area contributed by atoms with Crippen LogP contribution in [-0.4, -0.2) is 46.2 Å². The van der Waals surface area contributed by atoms with Crippen molar-refractivity contribution >= 4 is 23.1 Å². The van der Waals surface area contributed by atoms with E-state index in [4.69, 9.17) is 24.3 Å². The van der Waals surface area contributed by atoms with Gasteiger partial charge in [0, 0.05) is 28.2 Å². The average molecular weight is 621 g/mol. The van der Waals surface area contributed by atoms with E-state index in [1.54, 1.807) is 33.2 Å². The van der Waals surface area contributed by atoms with E-state index < -0.39 is 5.97 Å². The molecule has 9 heteroatoms. The van der Waals surface area contributed by atoms with Crippen LogP contribution in [0.2, 0.25) is 0 Å². The van der Waals surface area contributed by atoms with Crippen molar-refractivity contribution in [2.45, 2.75) is 60.5 Å². The van der Waals surface area contributed by atoms with E-state index >= 15 is 0 Å². The molecule has 5 aromatic rings. The molecule has 2 heterocycles. The van der Waals surface area contributed by atoms with Gasteiger partial charge >= 0.3 is 5.97 Å². The number of aromatic nitrogens is 3. The molecule has 9 nitrogen and oxygen atoms in total. The van der Waals surface area contributed by atoms with Crippen molar-refractivity contribution in [3.8, 4) is 28.6 Å². The number of esters is 1. The lowest BCUT2D eigenvalue weighted by molar-refractivity contribution is -0.149. The van der Waals surface area contributed by atoms with Crippen molar-refractivity contribution in [3.05, 3.63) is 105 Å². The van der Waals surface area contributed by atoms with E-state index in [9.17, 15) is 9.59 Å². The fourth-order valence-electron chi connectivity index (χ4n) is 5.54. The van der Waals surface area contributed by atoms with Crippen LogP contribution >= 0.6 is 0 Å². The Kier molecular flexibility index (Phi) is 9.41. The lowest BCUT2D eigenvalue weighted by Crippen LogP contribution is -2.21. The van der Waals surface area contributed by atoms with Crippen molar-refractivity contribution in [3.63, 3.8) is 0 Å². The minimum absolute atomic E-state index is 0.153. The molecule has 0 atom stereocenters. The number of hydrogen-bond acceptors (Lipinski definition) is 7. The van der Waals surface area contributed by atoms with Gasteiger partial charge < -0.3 is 18.8 Å². The van der Waals surface area contributed by atoms with Gasteiger partial charge in [-0.2, -0.15) is 9.78 Å². The van der Waals surface area contributed by atoms with Gasteiger partial charge in [-0.3, -0.25) is 4.79 Å². The standard InChI is InChI=1S/C37H40N4O5/c1-22(2)31-19-32(24(5)17-34(31)44-8)36-39-33-12-10-9-11-30(33)37(43)41(36)38-20-27-18-25(6)40(26(27)7)28-13-15-29(16-14-28)45-21-35(42)46-23(3)4/h9-20,22-23H,21H2,1-8H3. The monoisotopic (exact) mass is 620 g/mol.